The van der Waals surface area contributed by atoms with Crippen LogP contribution >= 0.6 is 15.9 Å². The van der Waals surface area contributed by atoms with E-state index in [-0.39, 0.29) is 24.7 Å². The fourth-order valence-electron chi connectivity index (χ4n) is 2.16. The highest BCUT2D eigenvalue weighted by Gasteiger charge is 2.07. The molecule has 0 spiro atoms. The van der Waals surface area contributed by atoms with E-state index in [2.05, 4.69) is 21.2 Å². The van der Waals surface area contributed by atoms with Crippen molar-refractivity contribution in [1.82, 2.24) is 5.32 Å². The minimum Gasteiger partial charge on any atom is -0.356 e. The molecule has 0 radical (unpaired) electrons. The highest BCUT2D eigenvalue weighted by molar-refractivity contribution is 9.10. The molecule has 2 nitrogen and oxygen atoms in total. The van der Waals surface area contributed by atoms with Gasteiger partial charge in [0.15, 0.2) is 0 Å². The molecule has 0 aromatic heterocycles. The van der Waals surface area contributed by atoms with Gasteiger partial charge in [-0.3, -0.25) is 4.79 Å². The molecule has 0 saturated heterocycles. The first kappa shape index (κ1) is 17.5. The van der Waals surface area contributed by atoms with E-state index in [4.69, 9.17) is 0 Å². The summed E-state index contributed by atoms with van der Waals surface area (Å²) in [4.78, 5) is 11.7. The lowest BCUT2D eigenvalue weighted by Gasteiger charge is -2.07. The molecule has 0 aliphatic carbocycles. The number of benzene rings is 2. The summed E-state index contributed by atoms with van der Waals surface area (Å²) in [6.45, 7) is 0.268. The lowest BCUT2D eigenvalue weighted by atomic mass is 10.1. The third kappa shape index (κ3) is 5.71. The van der Waals surface area contributed by atoms with E-state index in [1.165, 1.54) is 18.2 Å². The number of nitrogens with one attached hydrogen (secondary N) is 1. The molecule has 0 fully saturated rings. The van der Waals surface area contributed by atoms with Crippen molar-refractivity contribution in [3.8, 4) is 0 Å². The van der Waals surface area contributed by atoms with Gasteiger partial charge in [0, 0.05) is 23.5 Å². The molecule has 2 rings (SSSR count). The molecule has 1 N–H and O–H groups in total. The standard InChI is InChI=1S/C17H15BrF3NO/c18-13-3-1-12(16(21)9-13)2-4-17(23)22-6-5-11-7-14(19)10-15(20)8-11/h1,3,7-10H,2,4-6H2,(H,22,23). The zero-order chi connectivity index (χ0) is 16.8. The number of aryl methyl sites for hydroxylation is 1. The quantitative estimate of drug-likeness (QED) is 0.794. The van der Waals surface area contributed by atoms with E-state index >= 15 is 0 Å². The topological polar surface area (TPSA) is 29.1 Å². The Balaban J connectivity index is 1.77. The largest absolute Gasteiger partial charge is 0.356 e. The van der Waals surface area contributed by atoms with Crippen LogP contribution in [0.5, 0.6) is 0 Å². The van der Waals surface area contributed by atoms with Crippen LogP contribution in [0.4, 0.5) is 13.2 Å². The monoisotopic (exact) mass is 385 g/mol. The second kappa shape index (κ2) is 8.15. The van der Waals surface area contributed by atoms with Gasteiger partial charge in [0.05, 0.1) is 0 Å². The summed E-state index contributed by atoms with van der Waals surface area (Å²) in [5.74, 6) is -1.87. The number of halogens is 4. The molecule has 0 aliphatic rings. The predicted molar refractivity (Wildman–Crippen MR) is 85.5 cm³/mol. The summed E-state index contributed by atoms with van der Waals surface area (Å²) in [6, 6.07) is 7.95. The van der Waals surface area contributed by atoms with Crippen LogP contribution < -0.4 is 5.32 Å². The molecule has 23 heavy (non-hydrogen) atoms. The van der Waals surface area contributed by atoms with E-state index < -0.39 is 11.6 Å². The Morgan fingerprint density at radius 3 is 2.35 bits per heavy atom. The van der Waals surface area contributed by atoms with E-state index in [1.54, 1.807) is 12.1 Å². The summed E-state index contributed by atoms with van der Waals surface area (Å²) in [5, 5.41) is 2.66. The Labute approximate surface area is 140 Å². The van der Waals surface area contributed by atoms with E-state index in [1.807, 2.05) is 0 Å². The molecule has 122 valence electrons. The minimum atomic E-state index is -0.642. The van der Waals surface area contributed by atoms with Gasteiger partial charge >= 0.3 is 0 Å². The molecule has 6 heteroatoms. The Hall–Kier alpha value is -1.82. The van der Waals surface area contributed by atoms with Crippen molar-refractivity contribution in [1.29, 1.82) is 0 Å². The predicted octanol–water partition coefficient (Wildman–Crippen LogP) is 4.16. The fraction of sp³-hybridized carbons (Fsp3) is 0.235. The molecule has 0 heterocycles. The summed E-state index contributed by atoms with van der Waals surface area (Å²) in [6.07, 6.45) is 0.767. The highest BCUT2D eigenvalue weighted by Crippen LogP contribution is 2.16. The van der Waals surface area contributed by atoms with Crippen LogP contribution in [0.15, 0.2) is 40.9 Å². The van der Waals surface area contributed by atoms with Crippen molar-refractivity contribution >= 4 is 21.8 Å². The van der Waals surface area contributed by atoms with Crippen molar-refractivity contribution in [2.24, 2.45) is 0 Å². The Kier molecular flexibility index (Phi) is 6.21. The van der Waals surface area contributed by atoms with Crippen LogP contribution in [0.3, 0.4) is 0 Å². The van der Waals surface area contributed by atoms with E-state index in [0.717, 1.165) is 6.07 Å². The number of carbonyl (C=O) groups excluding carboxylic acids is 1. The zero-order valence-corrected chi connectivity index (χ0v) is 13.8. The average molecular weight is 386 g/mol. The van der Waals surface area contributed by atoms with E-state index in [0.29, 0.717) is 28.4 Å². The van der Waals surface area contributed by atoms with Gasteiger partial charge in [-0.25, -0.2) is 13.2 Å². The molecule has 2 aromatic rings. The van der Waals surface area contributed by atoms with Crippen molar-refractivity contribution in [3.63, 3.8) is 0 Å². The molecule has 0 aliphatic heterocycles. The van der Waals surface area contributed by atoms with Crippen LogP contribution in [0.25, 0.3) is 0 Å². The maximum Gasteiger partial charge on any atom is 0.220 e. The van der Waals surface area contributed by atoms with Crippen LogP contribution in [0, 0.1) is 17.5 Å². The number of carbonyl (C=O) groups is 1. The van der Waals surface area contributed by atoms with Crippen molar-refractivity contribution in [3.05, 3.63) is 69.4 Å². The smallest absolute Gasteiger partial charge is 0.220 e. The van der Waals surface area contributed by atoms with Gasteiger partial charge in [0.2, 0.25) is 5.91 Å². The van der Waals surface area contributed by atoms with Gasteiger partial charge in [-0.05, 0) is 48.2 Å². The molecule has 0 unspecified atom stereocenters. The van der Waals surface area contributed by atoms with Gasteiger partial charge in [0.1, 0.15) is 17.5 Å². The maximum absolute atomic E-state index is 13.6. The zero-order valence-electron chi connectivity index (χ0n) is 12.2. The second-order valence-electron chi connectivity index (χ2n) is 5.11. The molecule has 0 saturated carbocycles. The maximum atomic E-state index is 13.6. The average Bonchev–Trinajstić information content (AvgIpc) is 2.45. The molecule has 2 aromatic carbocycles. The first-order valence-electron chi connectivity index (χ1n) is 7.09. The Morgan fingerprint density at radius 1 is 1.00 bits per heavy atom. The van der Waals surface area contributed by atoms with Gasteiger partial charge in [-0.2, -0.15) is 0 Å². The molecular formula is C17H15BrF3NO. The normalized spacial score (nSPS) is 10.6. The van der Waals surface area contributed by atoms with Crippen molar-refractivity contribution in [2.75, 3.05) is 6.54 Å². The third-order valence-corrected chi connectivity index (χ3v) is 3.79. The van der Waals surface area contributed by atoms with Gasteiger partial charge < -0.3 is 5.32 Å². The first-order chi connectivity index (χ1) is 10.9. The number of amides is 1. The minimum absolute atomic E-state index is 0.149. The summed E-state index contributed by atoms with van der Waals surface area (Å²) < 4.78 is 40.3. The number of hydrogen-bond donors (Lipinski definition) is 1. The Bertz CT molecular complexity index is 686. The highest BCUT2D eigenvalue weighted by atomic mass is 79.9. The van der Waals surface area contributed by atoms with Gasteiger partial charge in [-0.1, -0.05) is 22.0 Å². The van der Waals surface area contributed by atoms with Crippen LogP contribution in [0.2, 0.25) is 0 Å². The van der Waals surface area contributed by atoms with Crippen molar-refractivity contribution < 1.29 is 18.0 Å². The Morgan fingerprint density at radius 2 is 1.70 bits per heavy atom. The van der Waals surface area contributed by atoms with Crippen LogP contribution in [-0.4, -0.2) is 12.5 Å². The molecule has 0 bridgehead atoms. The molecule has 0 atom stereocenters. The lowest BCUT2D eigenvalue weighted by molar-refractivity contribution is -0.121. The van der Waals surface area contributed by atoms with Gasteiger partial charge in [-0.15, -0.1) is 0 Å². The number of hydrogen-bond acceptors (Lipinski definition) is 1. The SMILES string of the molecule is O=C(CCc1ccc(Br)cc1F)NCCc1cc(F)cc(F)c1. The first-order valence-corrected chi connectivity index (χ1v) is 7.89. The summed E-state index contributed by atoms with van der Waals surface area (Å²) >= 11 is 3.17. The van der Waals surface area contributed by atoms with Crippen LogP contribution in [0.1, 0.15) is 17.5 Å². The molecule has 1 amide bonds. The summed E-state index contributed by atoms with van der Waals surface area (Å²) in [5.41, 5.74) is 0.942. The van der Waals surface area contributed by atoms with Crippen LogP contribution in [-0.2, 0) is 17.6 Å². The molecular weight excluding hydrogens is 371 g/mol. The second-order valence-corrected chi connectivity index (χ2v) is 6.03. The van der Waals surface area contributed by atoms with Crippen molar-refractivity contribution in [2.45, 2.75) is 19.3 Å². The van der Waals surface area contributed by atoms with Gasteiger partial charge in [0.25, 0.3) is 0 Å². The number of rotatable bonds is 6. The lowest BCUT2D eigenvalue weighted by Crippen LogP contribution is -2.26. The van der Waals surface area contributed by atoms with E-state index in [9.17, 15) is 18.0 Å². The summed E-state index contributed by atoms with van der Waals surface area (Å²) in [7, 11) is 0. The third-order valence-electron chi connectivity index (χ3n) is 3.29. The fourth-order valence-corrected chi connectivity index (χ4v) is 2.50.